The highest BCUT2D eigenvalue weighted by Crippen LogP contribution is 2.41. The van der Waals surface area contributed by atoms with Crippen LogP contribution in [0.25, 0.3) is 0 Å². The van der Waals surface area contributed by atoms with Gasteiger partial charge in [-0.1, -0.05) is 6.92 Å². The SMILES string of the molecule is CC[C@H](Oc1ccc(N(C)S(C)(=O)=O)cc1)C(=O)N[C@H]1CC(C)(C)Oc2ccc(OC)cc21. The van der Waals surface area contributed by atoms with Gasteiger partial charge in [-0.05, 0) is 62.7 Å². The van der Waals surface area contributed by atoms with E-state index in [2.05, 4.69) is 5.32 Å². The Balaban J connectivity index is 1.75. The molecule has 0 aliphatic carbocycles. The molecule has 3 rings (SSSR count). The maximum atomic E-state index is 13.1. The highest BCUT2D eigenvalue weighted by molar-refractivity contribution is 7.92. The number of benzene rings is 2. The molecule has 0 saturated heterocycles. The fourth-order valence-electron chi connectivity index (χ4n) is 3.77. The third kappa shape index (κ3) is 5.90. The van der Waals surface area contributed by atoms with E-state index in [0.717, 1.165) is 17.6 Å². The molecule has 1 aliphatic heterocycles. The van der Waals surface area contributed by atoms with E-state index in [1.165, 1.54) is 11.4 Å². The van der Waals surface area contributed by atoms with Gasteiger partial charge in [-0.15, -0.1) is 0 Å². The van der Waals surface area contributed by atoms with Gasteiger partial charge in [0.15, 0.2) is 6.10 Å². The highest BCUT2D eigenvalue weighted by Gasteiger charge is 2.36. The minimum absolute atomic E-state index is 0.230. The molecule has 9 heteroatoms. The van der Waals surface area contributed by atoms with Gasteiger partial charge in [-0.2, -0.15) is 0 Å². The minimum Gasteiger partial charge on any atom is -0.497 e. The molecule has 0 aromatic heterocycles. The summed E-state index contributed by atoms with van der Waals surface area (Å²) in [5.74, 6) is 1.67. The maximum Gasteiger partial charge on any atom is 0.261 e. The monoisotopic (exact) mass is 476 g/mol. The molecule has 8 nitrogen and oxygen atoms in total. The quantitative estimate of drug-likeness (QED) is 0.625. The lowest BCUT2D eigenvalue weighted by atomic mass is 9.89. The molecule has 0 fully saturated rings. The van der Waals surface area contributed by atoms with Crippen LogP contribution in [0.1, 0.15) is 45.2 Å². The summed E-state index contributed by atoms with van der Waals surface area (Å²) in [5.41, 5.74) is 0.936. The zero-order valence-corrected chi connectivity index (χ0v) is 20.7. The van der Waals surface area contributed by atoms with Crippen molar-refractivity contribution in [3.05, 3.63) is 48.0 Å². The van der Waals surface area contributed by atoms with E-state index < -0.39 is 21.7 Å². The minimum atomic E-state index is -3.36. The lowest BCUT2D eigenvalue weighted by molar-refractivity contribution is -0.129. The maximum absolute atomic E-state index is 13.1. The molecule has 0 unspecified atom stereocenters. The predicted octanol–water partition coefficient (Wildman–Crippen LogP) is 3.67. The van der Waals surface area contributed by atoms with Crippen molar-refractivity contribution in [2.75, 3.05) is 24.7 Å². The van der Waals surface area contributed by atoms with E-state index in [0.29, 0.717) is 30.0 Å². The van der Waals surface area contributed by atoms with Crippen LogP contribution in [0.15, 0.2) is 42.5 Å². The summed E-state index contributed by atoms with van der Waals surface area (Å²) in [4.78, 5) is 13.1. The van der Waals surface area contributed by atoms with E-state index in [4.69, 9.17) is 14.2 Å². The van der Waals surface area contributed by atoms with Crippen molar-refractivity contribution < 1.29 is 27.4 Å². The topological polar surface area (TPSA) is 94.2 Å². The fourth-order valence-corrected chi connectivity index (χ4v) is 4.27. The number of anilines is 1. The molecule has 2 aromatic carbocycles. The third-order valence-corrected chi connectivity index (χ3v) is 6.84. The first-order valence-corrected chi connectivity index (χ1v) is 12.7. The van der Waals surface area contributed by atoms with Crippen LogP contribution < -0.4 is 23.8 Å². The number of hydrogen-bond acceptors (Lipinski definition) is 6. The Morgan fingerprint density at radius 3 is 2.42 bits per heavy atom. The van der Waals surface area contributed by atoms with Crippen molar-refractivity contribution in [3.8, 4) is 17.2 Å². The lowest BCUT2D eigenvalue weighted by Gasteiger charge is -2.38. The Hall–Kier alpha value is -2.94. The first-order valence-electron chi connectivity index (χ1n) is 10.8. The number of ether oxygens (including phenoxy) is 3. The Morgan fingerprint density at radius 2 is 1.85 bits per heavy atom. The van der Waals surface area contributed by atoms with Crippen molar-refractivity contribution in [1.82, 2.24) is 5.32 Å². The number of hydrogen-bond donors (Lipinski definition) is 1. The first kappa shape index (κ1) is 24.7. The van der Waals surface area contributed by atoms with Crippen LogP contribution in [0, 0.1) is 0 Å². The number of amides is 1. The zero-order chi connectivity index (χ0) is 24.4. The molecule has 0 spiro atoms. The second-order valence-electron chi connectivity index (χ2n) is 8.77. The summed E-state index contributed by atoms with van der Waals surface area (Å²) >= 11 is 0. The summed E-state index contributed by atoms with van der Waals surface area (Å²) in [6, 6.07) is 11.9. The number of nitrogens with zero attached hydrogens (tertiary/aromatic N) is 1. The standard InChI is InChI=1S/C24H32N2O6S/c1-7-21(31-17-10-8-16(9-11-17)26(4)33(6,28)29)23(27)25-20-15-24(2,3)32-22-13-12-18(30-5)14-19(20)22/h8-14,20-21H,7,15H2,1-6H3,(H,25,27)/t20-,21-/m0/s1. The van der Waals surface area contributed by atoms with Crippen LogP contribution in [0.2, 0.25) is 0 Å². The second-order valence-corrected chi connectivity index (χ2v) is 10.8. The Bertz CT molecular complexity index is 1100. The van der Waals surface area contributed by atoms with Gasteiger partial charge in [0.05, 0.1) is 25.1 Å². The molecule has 2 atom stereocenters. The van der Waals surface area contributed by atoms with Gasteiger partial charge in [0.25, 0.3) is 5.91 Å². The molecular weight excluding hydrogens is 444 g/mol. The molecule has 1 amide bonds. The van der Waals surface area contributed by atoms with E-state index in [1.54, 1.807) is 31.4 Å². The number of carbonyl (C=O) groups excluding carboxylic acids is 1. The van der Waals surface area contributed by atoms with Gasteiger partial charge in [-0.3, -0.25) is 9.10 Å². The van der Waals surface area contributed by atoms with Crippen molar-refractivity contribution in [2.45, 2.75) is 51.4 Å². The van der Waals surface area contributed by atoms with Crippen LogP contribution in [0.3, 0.4) is 0 Å². The molecule has 1 N–H and O–H groups in total. The van der Waals surface area contributed by atoms with Crippen molar-refractivity contribution in [3.63, 3.8) is 0 Å². The molecule has 33 heavy (non-hydrogen) atoms. The molecule has 0 radical (unpaired) electrons. The number of carbonyl (C=O) groups is 1. The number of nitrogens with one attached hydrogen (secondary N) is 1. The fraction of sp³-hybridized carbons (Fsp3) is 0.458. The molecule has 0 saturated carbocycles. The molecule has 2 aromatic rings. The van der Waals surface area contributed by atoms with E-state index in [1.807, 2.05) is 39.0 Å². The van der Waals surface area contributed by atoms with E-state index >= 15 is 0 Å². The van der Waals surface area contributed by atoms with Gasteiger partial charge < -0.3 is 19.5 Å². The number of methoxy groups -OCH3 is 1. The number of sulfonamides is 1. The van der Waals surface area contributed by atoms with Crippen LogP contribution in [-0.2, 0) is 14.8 Å². The Morgan fingerprint density at radius 1 is 1.21 bits per heavy atom. The number of fused-ring (bicyclic) bond motifs is 1. The van der Waals surface area contributed by atoms with Crippen LogP contribution >= 0.6 is 0 Å². The average Bonchev–Trinajstić information content (AvgIpc) is 2.75. The van der Waals surface area contributed by atoms with Crippen molar-refractivity contribution >= 4 is 21.6 Å². The van der Waals surface area contributed by atoms with Crippen molar-refractivity contribution in [2.24, 2.45) is 0 Å². The summed E-state index contributed by atoms with van der Waals surface area (Å²) in [6.45, 7) is 5.85. The van der Waals surface area contributed by atoms with Crippen LogP contribution in [0.5, 0.6) is 17.2 Å². The zero-order valence-electron chi connectivity index (χ0n) is 19.9. The largest absolute Gasteiger partial charge is 0.497 e. The number of rotatable bonds is 8. The van der Waals surface area contributed by atoms with E-state index in [9.17, 15) is 13.2 Å². The predicted molar refractivity (Wildman–Crippen MR) is 128 cm³/mol. The Labute approximate surface area is 195 Å². The van der Waals surface area contributed by atoms with Gasteiger partial charge in [-0.25, -0.2) is 8.42 Å². The second kappa shape index (κ2) is 9.51. The summed E-state index contributed by atoms with van der Waals surface area (Å²) in [6.07, 6.45) is 1.50. The van der Waals surface area contributed by atoms with Crippen molar-refractivity contribution in [1.29, 1.82) is 0 Å². The summed E-state index contributed by atoms with van der Waals surface area (Å²) in [5, 5.41) is 3.12. The normalized spacial score (nSPS) is 17.8. The summed E-state index contributed by atoms with van der Waals surface area (Å²) < 4.78 is 42.0. The van der Waals surface area contributed by atoms with Gasteiger partial charge in [0.1, 0.15) is 22.8 Å². The van der Waals surface area contributed by atoms with Gasteiger partial charge in [0, 0.05) is 19.0 Å². The summed E-state index contributed by atoms with van der Waals surface area (Å²) in [7, 11) is -0.274. The average molecular weight is 477 g/mol. The molecule has 1 aliphatic rings. The van der Waals surface area contributed by atoms with Gasteiger partial charge in [0.2, 0.25) is 10.0 Å². The third-order valence-electron chi connectivity index (χ3n) is 5.63. The van der Waals surface area contributed by atoms with Gasteiger partial charge >= 0.3 is 0 Å². The molecular formula is C24H32N2O6S. The Kier molecular flexibility index (Phi) is 7.11. The highest BCUT2D eigenvalue weighted by atomic mass is 32.2. The lowest BCUT2D eigenvalue weighted by Crippen LogP contribution is -2.45. The van der Waals surface area contributed by atoms with Crippen LogP contribution in [-0.4, -0.2) is 46.4 Å². The smallest absolute Gasteiger partial charge is 0.261 e. The molecule has 0 bridgehead atoms. The molecule has 1 heterocycles. The molecule has 180 valence electrons. The van der Waals surface area contributed by atoms with E-state index in [-0.39, 0.29) is 11.9 Å². The van der Waals surface area contributed by atoms with Crippen LogP contribution in [0.4, 0.5) is 5.69 Å². The first-order chi connectivity index (χ1) is 15.4.